The van der Waals surface area contributed by atoms with E-state index < -0.39 is 17.4 Å². The van der Waals surface area contributed by atoms with Crippen molar-refractivity contribution in [2.45, 2.75) is 12.8 Å². The van der Waals surface area contributed by atoms with Crippen molar-refractivity contribution in [1.29, 1.82) is 0 Å². The summed E-state index contributed by atoms with van der Waals surface area (Å²) in [6, 6.07) is 8.77. The minimum absolute atomic E-state index is 0.0581. The van der Waals surface area contributed by atoms with Crippen molar-refractivity contribution in [3.8, 4) is 0 Å². The van der Waals surface area contributed by atoms with E-state index in [-0.39, 0.29) is 12.0 Å². The largest absolute Gasteiger partial charge is 0.370 e. The summed E-state index contributed by atoms with van der Waals surface area (Å²) >= 11 is 0. The van der Waals surface area contributed by atoms with Crippen molar-refractivity contribution in [3.63, 3.8) is 0 Å². The maximum atomic E-state index is 11.9. The van der Waals surface area contributed by atoms with Crippen molar-refractivity contribution in [2.75, 3.05) is 6.54 Å². The lowest BCUT2D eigenvalue weighted by Gasteiger charge is -2.05. The normalized spacial score (nSPS) is 10.4. The second-order valence-electron chi connectivity index (χ2n) is 4.43. The number of nitrogens with two attached hydrogens (primary N) is 1. The van der Waals surface area contributed by atoms with E-state index in [1.807, 2.05) is 18.2 Å². The van der Waals surface area contributed by atoms with Gasteiger partial charge in [0, 0.05) is 18.5 Å². The minimum Gasteiger partial charge on any atom is -0.370 e. The van der Waals surface area contributed by atoms with Gasteiger partial charge < -0.3 is 16.0 Å². The summed E-state index contributed by atoms with van der Waals surface area (Å²) in [6.45, 7) is 0.300. The van der Waals surface area contributed by atoms with Gasteiger partial charge in [0.05, 0.1) is 0 Å². The Morgan fingerprint density at radius 2 is 2.00 bits per heavy atom. The van der Waals surface area contributed by atoms with E-state index in [1.54, 1.807) is 12.1 Å². The number of amides is 2. The van der Waals surface area contributed by atoms with E-state index in [4.69, 9.17) is 5.73 Å². The number of para-hydroxylation sites is 1. The van der Waals surface area contributed by atoms with Crippen LogP contribution >= 0.6 is 0 Å². The van der Waals surface area contributed by atoms with Gasteiger partial charge in [0.15, 0.2) is 0 Å². The molecule has 0 radical (unpaired) electrons. The van der Waals surface area contributed by atoms with Crippen LogP contribution in [0, 0.1) is 0 Å². The predicted octanol–water partition coefficient (Wildman–Crippen LogP) is 0.523. The number of hydrogen-bond acceptors (Lipinski definition) is 3. The summed E-state index contributed by atoms with van der Waals surface area (Å²) in [7, 11) is 0. The number of H-pyrrole nitrogens is 1. The average molecular weight is 273 g/mol. The van der Waals surface area contributed by atoms with Crippen LogP contribution in [0.2, 0.25) is 0 Å². The van der Waals surface area contributed by atoms with E-state index in [2.05, 4.69) is 10.3 Å². The number of aromatic amines is 1. The molecule has 1 aromatic carbocycles. The first-order valence-corrected chi connectivity index (χ1v) is 6.26. The molecule has 1 aromatic heterocycles. The number of carbonyl (C=O) groups is 2. The molecular weight excluding hydrogens is 258 g/mol. The standard InChI is InChI=1S/C14H15N3O3/c15-12(18)6-3-7-16-13(19)10-8-9-4-1-2-5-11(9)17-14(10)20/h1-2,4-5,8H,3,6-7H2,(H2,15,18)(H,16,19)(H,17,20). The molecule has 2 amide bonds. The molecule has 0 atom stereocenters. The molecule has 6 heteroatoms. The SMILES string of the molecule is NC(=O)CCCNC(=O)c1cc2ccccc2[nH]c1=O. The van der Waals surface area contributed by atoms with Crippen LogP contribution in [0.15, 0.2) is 35.1 Å². The zero-order valence-corrected chi connectivity index (χ0v) is 10.8. The first-order chi connectivity index (χ1) is 9.58. The van der Waals surface area contributed by atoms with Crippen LogP contribution in [0.4, 0.5) is 0 Å². The van der Waals surface area contributed by atoms with E-state index in [9.17, 15) is 14.4 Å². The summed E-state index contributed by atoms with van der Waals surface area (Å²) < 4.78 is 0. The zero-order valence-electron chi connectivity index (χ0n) is 10.8. The van der Waals surface area contributed by atoms with Crippen molar-refractivity contribution in [1.82, 2.24) is 10.3 Å². The molecule has 0 saturated carbocycles. The van der Waals surface area contributed by atoms with Gasteiger partial charge in [0.2, 0.25) is 5.91 Å². The number of primary amides is 1. The van der Waals surface area contributed by atoms with Crippen LogP contribution in [0.25, 0.3) is 10.9 Å². The lowest BCUT2D eigenvalue weighted by molar-refractivity contribution is -0.118. The Hall–Kier alpha value is -2.63. The molecule has 20 heavy (non-hydrogen) atoms. The molecule has 6 nitrogen and oxygen atoms in total. The number of fused-ring (bicyclic) bond motifs is 1. The number of hydrogen-bond donors (Lipinski definition) is 3. The maximum Gasteiger partial charge on any atom is 0.261 e. The highest BCUT2D eigenvalue weighted by Crippen LogP contribution is 2.09. The lowest BCUT2D eigenvalue weighted by Crippen LogP contribution is -2.30. The summed E-state index contributed by atoms with van der Waals surface area (Å²) in [5.41, 5.74) is 5.31. The van der Waals surface area contributed by atoms with Crippen molar-refractivity contribution in [3.05, 3.63) is 46.2 Å². The highest BCUT2D eigenvalue weighted by atomic mass is 16.2. The maximum absolute atomic E-state index is 11.9. The van der Waals surface area contributed by atoms with Crippen LogP contribution in [0.3, 0.4) is 0 Å². The average Bonchev–Trinajstić information content (AvgIpc) is 2.42. The second-order valence-corrected chi connectivity index (χ2v) is 4.43. The fourth-order valence-electron chi connectivity index (χ4n) is 1.88. The second kappa shape index (κ2) is 6.01. The summed E-state index contributed by atoms with van der Waals surface area (Å²) in [4.78, 5) is 37.0. The third kappa shape index (κ3) is 3.23. The molecule has 1 heterocycles. The number of carbonyl (C=O) groups excluding carboxylic acids is 2. The Bertz CT molecular complexity index is 706. The van der Waals surface area contributed by atoms with Gasteiger partial charge in [-0.15, -0.1) is 0 Å². The van der Waals surface area contributed by atoms with Gasteiger partial charge in [-0.3, -0.25) is 14.4 Å². The van der Waals surface area contributed by atoms with E-state index in [0.29, 0.717) is 18.5 Å². The molecule has 0 saturated heterocycles. The predicted molar refractivity (Wildman–Crippen MR) is 75.3 cm³/mol. The van der Waals surface area contributed by atoms with E-state index >= 15 is 0 Å². The highest BCUT2D eigenvalue weighted by Gasteiger charge is 2.11. The van der Waals surface area contributed by atoms with Crippen LogP contribution in [0.1, 0.15) is 23.2 Å². The van der Waals surface area contributed by atoms with Crippen LogP contribution in [-0.2, 0) is 4.79 Å². The van der Waals surface area contributed by atoms with E-state index in [0.717, 1.165) is 5.39 Å². The topological polar surface area (TPSA) is 105 Å². The Morgan fingerprint density at radius 3 is 2.75 bits per heavy atom. The molecule has 0 unspecified atom stereocenters. The molecule has 0 aliphatic heterocycles. The molecule has 0 aliphatic rings. The first kappa shape index (κ1) is 13.8. The molecular formula is C14H15N3O3. The number of nitrogens with one attached hydrogen (secondary N) is 2. The molecule has 2 rings (SSSR count). The third-order valence-corrected chi connectivity index (χ3v) is 2.88. The Kier molecular flexibility index (Phi) is 4.14. The number of pyridine rings is 1. The number of aromatic nitrogens is 1. The molecule has 2 aromatic rings. The smallest absolute Gasteiger partial charge is 0.261 e. The van der Waals surface area contributed by atoms with Gasteiger partial charge in [-0.05, 0) is 23.9 Å². The zero-order chi connectivity index (χ0) is 14.5. The minimum atomic E-state index is -0.457. The molecule has 0 fully saturated rings. The molecule has 4 N–H and O–H groups in total. The fourth-order valence-corrected chi connectivity index (χ4v) is 1.88. The molecule has 0 aliphatic carbocycles. The quantitative estimate of drug-likeness (QED) is 0.692. The van der Waals surface area contributed by atoms with Gasteiger partial charge in [0.1, 0.15) is 5.56 Å². The fraction of sp³-hybridized carbons (Fsp3) is 0.214. The van der Waals surface area contributed by atoms with Crippen LogP contribution in [-0.4, -0.2) is 23.3 Å². The van der Waals surface area contributed by atoms with Gasteiger partial charge in [-0.25, -0.2) is 0 Å². The van der Waals surface area contributed by atoms with Crippen LogP contribution in [0.5, 0.6) is 0 Å². The van der Waals surface area contributed by atoms with E-state index in [1.165, 1.54) is 0 Å². The third-order valence-electron chi connectivity index (χ3n) is 2.88. The van der Waals surface area contributed by atoms with Crippen molar-refractivity contribution in [2.24, 2.45) is 5.73 Å². The molecule has 0 bridgehead atoms. The molecule has 104 valence electrons. The van der Waals surface area contributed by atoms with Gasteiger partial charge in [-0.2, -0.15) is 0 Å². The lowest BCUT2D eigenvalue weighted by atomic mass is 10.1. The summed E-state index contributed by atoms with van der Waals surface area (Å²) in [5.74, 6) is -0.871. The summed E-state index contributed by atoms with van der Waals surface area (Å²) in [6.07, 6.45) is 0.654. The number of rotatable bonds is 5. The van der Waals surface area contributed by atoms with Crippen molar-refractivity contribution < 1.29 is 9.59 Å². The monoisotopic (exact) mass is 273 g/mol. The Morgan fingerprint density at radius 1 is 1.25 bits per heavy atom. The highest BCUT2D eigenvalue weighted by molar-refractivity contribution is 5.97. The van der Waals surface area contributed by atoms with Crippen LogP contribution < -0.4 is 16.6 Å². The van der Waals surface area contributed by atoms with Gasteiger partial charge in [0.25, 0.3) is 11.5 Å². The molecule has 0 spiro atoms. The first-order valence-electron chi connectivity index (χ1n) is 6.26. The van der Waals surface area contributed by atoms with Crippen molar-refractivity contribution >= 4 is 22.7 Å². The summed E-state index contributed by atoms with van der Waals surface area (Å²) in [5, 5.41) is 3.38. The van der Waals surface area contributed by atoms with Gasteiger partial charge in [-0.1, -0.05) is 18.2 Å². The Balaban J connectivity index is 2.11. The van der Waals surface area contributed by atoms with Gasteiger partial charge >= 0.3 is 0 Å². The Labute approximate surface area is 115 Å². The number of benzene rings is 1.